The SMILES string of the molecule is CCCNC(=O)c1nc(C(=O)N2CCCC(C)C2)c2ccccn12. The summed E-state index contributed by atoms with van der Waals surface area (Å²) in [6, 6.07) is 5.53. The van der Waals surface area contributed by atoms with Crippen molar-refractivity contribution in [1.82, 2.24) is 19.6 Å². The van der Waals surface area contributed by atoms with Gasteiger partial charge >= 0.3 is 0 Å². The fraction of sp³-hybridized carbons (Fsp3) is 0.500. The highest BCUT2D eigenvalue weighted by molar-refractivity contribution is 6.02. The molecule has 1 saturated heterocycles. The molecule has 0 aromatic carbocycles. The maximum Gasteiger partial charge on any atom is 0.287 e. The quantitative estimate of drug-likeness (QED) is 0.937. The van der Waals surface area contributed by atoms with Gasteiger partial charge in [-0.1, -0.05) is 19.9 Å². The smallest absolute Gasteiger partial charge is 0.287 e. The summed E-state index contributed by atoms with van der Waals surface area (Å²) in [5, 5.41) is 2.83. The molecule has 2 amide bonds. The van der Waals surface area contributed by atoms with Crippen LogP contribution < -0.4 is 5.32 Å². The standard InChI is InChI=1S/C18H24N4O2/c1-3-9-19-17(23)16-20-15(14-8-4-5-11-22(14)16)18(24)21-10-6-7-13(2)12-21/h4-5,8,11,13H,3,6-7,9-10,12H2,1-2H3,(H,19,23). The lowest BCUT2D eigenvalue weighted by Gasteiger charge is -2.30. The number of fused-ring (bicyclic) bond motifs is 1. The van der Waals surface area contributed by atoms with E-state index in [0.717, 1.165) is 32.4 Å². The minimum Gasteiger partial charge on any atom is -0.349 e. The molecule has 0 radical (unpaired) electrons. The zero-order chi connectivity index (χ0) is 17.1. The molecule has 0 bridgehead atoms. The van der Waals surface area contributed by atoms with E-state index in [-0.39, 0.29) is 17.6 Å². The van der Waals surface area contributed by atoms with Crippen LogP contribution in [-0.4, -0.2) is 45.7 Å². The Hall–Kier alpha value is -2.37. The van der Waals surface area contributed by atoms with E-state index in [1.165, 1.54) is 0 Å². The van der Waals surface area contributed by atoms with Crippen LogP contribution in [0.1, 0.15) is 54.2 Å². The topological polar surface area (TPSA) is 66.7 Å². The number of pyridine rings is 1. The summed E-state index contributed by atoms with van der Waals surface area (Å²) in [5.74, 6) is 0.445. The van der Waals surface area contributed by atoms with Gasteiger partial charge < -0.3 is 10.2 Å². The number of rotatable bonds is 4. The third-order valence-corrected chi connectivity index (χ3v) is 4.43. The van der Waals surface area contributed by atoms with E-state index >= 15 is 0 Å². The summed E-state index contributed by atoms with van der Waals surface area (Å²) in [4.78, 5) is 31.6. The first kappa shape index (κ1) is 16.5. The van der Waals surface area contributed by atoms with Crippen LogP contribution in [0.5, 0.6) is 0 Å². The molecule has 1 aliphatic rings. The first-order valence-electron chi connectivity index (χ1n) is 8.66. The number of nitrogens with zero attached hydrogens (tertiary/aromatic N) is 3. The molecule has 1 unspecified atom stereocenters. The van der Waals surface area contributed by atoms with Crippen molar-refractivity contribution >= 4 is 17.3 Å². The average Bonchev–Trinajstić information content (AvgIpc) is 2.99. The van der Waals surface area contributed by atoms with E-state index < -0.39 is 0 Å². The van der Waals surface area contributed by atoms with E-state index in [9.17, 15) is 9.59 Å². The van der Waals surface area contributed by atoms with Crippen molar-refractivity contribution in [3.63, 3.8) is 0 Å². The van der Waals surface area contributed by atoms with E-state index in [2.05, 4.69) is 17.2 Å². The van der Waals surface area contributed by atoms with Gasteiger partial charge in [0.1, 0.15) is 0 Å². The zero-order valence-corrected chi connectivity index (χ0v) is 14.3. The highest BCUT2D eigenvalue weighted by Crippen LogP contribution is 2.20. The van der Waals surface area contributed by atoms with Crippen molar-refractivity contribution in [1.29, 1.82) is 0 Å². The van der Waals surface area contributed by atoms with E-state index in [4.69, 9.17) is 0 Å². The number of piperidine rings is 1. The van der Waals surface area contributed by atoms with Crippen LogP contribution in [0.2, 0.25) is 0 Å². The molecule has 2 aromatic heterocycles. The van der Waals surface area contributed by atoms with Crippen molar-refractivity contribution in [2.45, 2.75) is 33.1 Å². The average molecular weight is 328 g/mol. The van der Waals surface area contributed by atoms with Crippen molar-refractivity contribution in [3.8, 4) is 0 Å². The van der Waals surface area contributed by atoms with Gasteiger partial charge in [0.05, 0.1) is 5.52 Å². The Morgan fingerprint density at radius 2 is 2.21 bits per heavy atom. The molecule has 128 valence electrons. The fourth-order valence-electron chi connectivity index (χ4n) is 3.20. The molecule has 0 saturated carbocycles. The van der Waals surface area contributed by atoms with Gasteiger partial charge in [0.2, 0.25) is 5.82 Å². The van der Waals surface area contributed by atoms with Crippen LogP contribution in [0.15, 0.2) is 24.4 Å². The van der Waals surface area contributed by atoms with E-state index in [0.29, 0.717) is 23.7 Å². The molecule has 3 heterocycles. The summed E-state index contributed by atoms with van der Waals surface area (Å²) in [5.41, 5.74) is 1.05. The number of hydrogen-bond donors (Lipinski definition) is 1. The number of likely N-dealkylation sites (tertiary alicyclic amines) is 1. The van der Waals surface area contributed by atoms with Crippen LogP contribution >= 0.6 is 0 Å². The van der Waals surface area contributed by atoms with Crippen molar-refractivity contribution in [2.75, 3.05) is 19.6 Å². The van der Waals surface area contributed by atoms with Crippen LogP contribution in [0.4, 0.5) is 0 Å². The lowest BCUT2D eigenvalue weighted by atomic mass is 10.00. The lowest BCUT2D eigenvalue weighted by molar-refractivity contribution is 0.0679. The van der Waals surface area contributed by atoms with Crippen molar-refractivity contribution in [3.05, 3.63) is 35.9 Å². The highest BCUT2D eigenvalue weighted by Gasteiger charge is 2.27. The van der Waals surface area contributed by atoms with E-state index in [1.54, 1.807) is 10.6 Å². The monoisotopic (exact) mass is 328 g/mol. The van der Waals surface area contributed by atoms with Gasteiger partial charge in [0, 0.05) is 25.8 Å². The Labute approximate surface area is 141 Å². The van der Waals surface area contributed by atoms with Crippen LogP contribution in [0, 0.1) is 5.92 Å². The number of hydrogen-bond acceptors (Lipinski definition) is 3. The minimum atomic E-state index is -0.246. The van der Waals surface area contributed by atoms with Gasteiger partial charge in [0.25, 0.3) is 11.8 Å². The van der Waals surface area contributed by atoms with Crippen molar-refractivity contribution < 1.29 is 9.59 Å². The predicted molar refractivity (Wildman–Crippen MR) is 92.1 cm³/mol. The number of carbonyl (C=O) groups is 2. The Balaban J connectivity index is 1.96. The van der Waals surface area contributed by atoms with Gasteiger partial charge in [0.15, 0.2) is 5.69 Å². The normalized spacial score (nSPS) is 17.9. The fourth-order valence-corrected chi connectivity index (χ4v) is 3.20. The molecule has 1 aliphatic heterocycles. The summed E-state index contributed by atoms with van der Waals surface area (Å²) in [7, 11) is 0. The number of carbonyl (C=O) groups excluding carboxylic acids is 2. The minimum absolute atomic E-state index is 0.0835. The number of amides is 2. The number of aromatic nitrogens is 2. The third kappa shape index (κ3) is 3.13. The van der Waals surface area contributed by atoms with E-state index in [1.807, 2.05) is 30.0 Å². The second kappa shape index (κ2) is 7.03. The second-order valence-corrected chi connectivity index (χ2v) is 6.49. The molecule has 6 heteroatoms. The molecule has 6 nitrogen and oxygen atoms in total. The predicted octanol–water partition coefficient (Wildman–Crippen LogP) is 2.35. The first-order valence-corrected chi connectivity index (χ1v) is 8.66. The maximum absolute atomic E-state index is 12.9. The summed E-state index contributed by atoms with van der Waals surface area (Å²) in [6.07, 6.45) is 4.80. The van der Waals surface area contributed by atoms with Gasteiger partial charge in [-0.25, -0.2) is 4.98 Å². The Bertz CT molecular complexity index is 753. The Morgan fingerprint density at radius 1 is 1.38 bits per heavy atom. The molecular weight excluding hydrogens is 304 g/mol. The molecule has 2 aromatic rings. The molecule has 3 rings (SSSR count). The molecule has 0 aliphatic carbocycles. The van der Waals surface area contributed by atoms with Gasteiger partial charge in [-0.05, 0) is 37.3 Å². The molecule has 24 heavy (non-hydrogen) atoms. The summed E-state index contributed by atoms with van der Waals surface area (Å²) in [6.45, 7) is 6.26. The molecule has 0 spiro atoms. The number of imidazole rings is 1. The lowest BCUT2D eigenvalue weighted by Crippen LogP contribution is -2.39. The first-order chi connectivity index (χ1) is 11.6. The van der Waals surface area contributed by atoms with Gasteiger partial charge in [-0.15, -0.1) is 0 Å². The molecule has 1 N–H and O–H groups in total. The largest absolute Gasteiger partial charge is 0.349 e. The Kier molecular flexibility index (Phi) is 4.83. The molecule has 1 fully saturated rings. The van der Waals surface area contributed by atoms with Gasteiger partial charge in [-0.2, -0.15) is 0 Å². The second-order valence-electron chi connectivity index (χ2n) is 6.49. The summed E-state index contributed by atoms with van der Waals surface area (Å²) >= 11 is 0. The van der Waals surface area contributed by atoms with Crippen LogP contribution in [0.25, 0.3) is 5.52 Å². The zero-order valence-electron chi connectivity index (χ0n) is 14.3. The van der Waals surface area contributed by atoms with Crippen LogP contribution in [-0.2, 0) is 0 Å². The Morgan fingerprint density at radius 3 is 2.96 bits per heavy atom. The van der Waals surface area contributed by atoms with Crippen LogP contribution in [0.3, 0.4) is 0 Å². The highest BCUT2D eigenvalue weighted by atomic mass is 16.2. The molecule has 1 atom stereocenters. The van der Waals surface area contributed by atoms with Crippen molar-refractivity contribution in [2.24, 2.45) is 5.92 Å². The molecular formula is C18H24N4O2. The number of nitrogens with one attached hydrogen (secondary N) is 1. The summed E-state index contributed by atoms with van der Waals surface area (Å²) < 4.78 is 1.70. The maximum atomic E-state index is 12.9. The third-order valence-electron chi connectivity index (χ3n) is 4.43. The van der Waals surface area contributed by atoms with Gasteiger partial charge in [-0.3, -0.25) is 14.0 Å².